The fraction of sp³-hybridized carbons (Fsp3) is 0.625. The minimum absolute atomic E-state index is 0.0824. The van der Waals surface area contributed by atoms with Crippen molar-refractivity contribution in [1.82, 2.24) is 4.90 Å². The Bertz CT molecular complexity index is 470. The number of nitrogens with two attached hydrogens (primary N) is 1. The summed E-state index contributed by atoms with van der Waals surface area (Å²) in [6.07, 6.45) is 1.14. The molecule has 2 atom stereocenters. The Morgan fingerprint density at radius 1 is 1.45 bits per heavy atom. The van der Waals surface area contributed by atoms with E-state index in [0.29, 0.717) is 18.0 Å². The van der Waals surface area contributed by atoms with Crippen molar-refractivity contribution in [3.63, 3.8) is 0 Å². The van der Waals surface area contributed by atoms with Crippen LogP contribution in [0.25, 0.3) is 0 Å². The molecule has 0 aromatic heterocycles. The molecule has 20 heavy (non-hydrogen) atoms. The SMILES string of the molecule is CC(C)(C)C1CCN(C(CN)c2cccc(Cl)c2F)C1. The molecule has 0 saturated carbocycles. The predicted molar refractivity (Wildman–Crippen MR) is 82.3 cm³/mol. The maximum Gasteiger partial charge on any atom is 0.146 e. The summed E-state index contributed by atoms with van der Waals surface area (Å²) < 4.78 is 14.2. The molecule has 1 saturated heterocycles. The van der Waals surface area contributed by atoms with Crippen LogP contribution in [0.3, 0.4) is 0 Å². The third-order valence-corrected chi connectivity index (χ3v) is 4.74. The van der Waals surface area contributed by atoms with Crippen molar-refractivity contribution in [3.8, 4) is 0 Å². The maximum atomic E-state index is 14.2. The number of halogens is 2. The van der Waals surface area contributed by atoms with Crippen LogP contribution in [0.2, 0.25) is 5.02 Å². The molecule has 1 aromatic carbocycles. The van der Waals surface area contributed by atoms with Gasteiger partial charge in [-0.1, -0.05) is 44.5 Å². The topological polar surface area (TPSA) is 29.3 Å². The molecular weight excluding hydrogens is 275 g/mol. The quantitative estimate of drug-likeness (QED) is 0.918. The van der Waals surface area contributed by atoms with Crippen LogP contribution in [0.1, 0.15) is 38.8 Å². The number of benzene rings is 1. The van der Waals surface area contributed by atoms with Crippen LogP contribution in [0, 0.1) is 17.2 Å². The second kappa shape index (κ2) is 6.00. The summed E-state index contributed by atoms with van der Waals surface area (Å²) in [5.74, 6) is 0.294. The Labute approximate surface area is 126 Å². The van der Waals surface area contributed by atoms with E-state index >= 15 is 0 Å². The van der Waals surface area contributed by atoms with Crippen LogP contribution in [-0.4, -0.2) is 24.5 Å². The molecule has 2 nitrogen and oxygen atoms in total. The van der Waals surface area contributed by atoms with Gasteiger partial charge in [0.15, 0.2) is 0 Å². The highest BCUT2D eigenvalue weighted by molar-refractivity contribution is 6.30. The van der Waals surface area contributed by atoms with Crippen LogP contribution in [0.4, 0.5) is 4.39 Å². The van der Waals surface area contributed by atoms with E-state index < -0.39 is 0 Å². The fourth-order valence-electron chi connectivity index (χ4n) is 3.03. The highest BCUT2D eigenvalue weighted by Gasteiger charge is 2.35. The lowest BCUT2D eigenvalue weighted by atomic mass is 9.80. The van der Waals surface area contributed by atoms with Crippen LogP contribution in [0.15, 0.2) is 18.2 Å². The Hall–Kier alpha value is -0.640. The van der Waals surface area contributed by atoms with Gasteiger partial charge < -0.3 is 5.73 Å². The first-order chi connectivity index (χ1) is 9.34. The molecule has 112 valence electrons. The van der Waals surface area contributed by atoms with Crippen molar-refractivity contribution in [2.24, 2.45) is 17.1 Å². The minimum atomic E-state index is -0.330. The third kappa shape index (κ3) is 3.16. The molecule has 0 amide bonds. The molecule has 2 rings (SSSR count). The summed E-state index contributed by atoms with van der Waals surface area (Å²) in [7, 11) is 0. The first-order valence-corrected chi connectivity index (χ1v) is 7.60. The zero-order chi connectivity index (χ0) is 14.9. The lowest BCUT2D eigenvalue weighted by Crippen LogP contribution is -2.34. The lowest BCUT2D eigenvalue weighted by Gasteiger charge is -2.30. The van der Waals surface area contributed by atoms with Gasteiger partial charge in [0.25, 0.3) is 0 Å². The van der Waals surface area contributed by atoms with Gasteiger partial charge in [-0.15, -0.1) is 0 Å². The molecule has 0 spiro atoms. The average molecular weight is 299 g/mol. The Morgan fingerprint density at radius 2 is 2.15 bits per heavy atom. The van der Waals surface area contributed by atoms with Crippen molar-refractivity contribution in [2.45, 2.75) is 33.2 Å². The zero-order valence-corrected chi connectivity index (χ0v) is 13.3. The monoisotopic (exact) mass is 298 g/mol. The van der Waals surface area contributed by atoms with Gasteiger partial charge in [-0.05, 0) is 30.4 Å². The molecule has 0 bridgehead atoms. The second-order valence-corrected chi connectivity index (χ2v) is 7.15. The van der Waals surface area contributed by atoms with Gasteiger partial charge in [0.05, 0.1) is 5.02 Å². The van der Waals surface area contributed by atoms with Gasteiger partial charge in [-0.25, -0.2) is 4.39 Å². The van der Waals surface area contributed by atoms with Gasteiger partial charge in [-0.3, -0.25) is 4.90 Å². The standard InChI is InChI=1S/C16H24ClFN2/c1-16(2,3)11-7-8-20(10-11)14(9-19)12-5-4-6-13(17)15(12)18/h4-6,11,14H,7-10,19H2,1-3H3. The van der Waals surface area contributed by atoms with E-state index in [0.717, 1.165) is 19.5 Å². The molecule has 1 aliphatic rings. The molecule has 4 heteroatoms. The fourth-order valence-corrected chi connectivity index (χ4v) is 3.21. The summed E-state index contributed by atoms with van der Waals surface area (Å²) in [6.45, 7) is 9.14. The Balaban J connectivity index is 2.20. The van der Waals surface area contributed by atoms with E-state index in [2.05, 4.69) is 25.7 Å². The molecule has 1 aromatic rings. The largest absolute Gasteiger partial charge is 0.329 e. The lowest BCUT2D eigenvalue weighted by molar-refractivity contribution is 0.195. The Morgan fingerprint density at radius 3 is 2.70 bits per heavy atom. The van der Waals surface area contributed by atoms with Crippen LogP contribution in [0.5, 0.6) is 0 Å². The average Bonchev–Trinajstić information content (AvgIpc) is 2.85. The number of likely N-dealkylation sites (tertiary alicyclic amines) is 1. The van der Waals surface area contributed by atoms with Crippen molar-refractivity contribution in [1.29, 1.82) is 0 Å². The molecule has 0 aliphatic carbocycles. The summed E-state index contributed by atoms with van der Waals surface area (Å²) >= 11 is 5.89. The number of hydrogen-bond donors (Lipinski definition) is 1. The molecule has 0 radical (unpaired) electrons. The van der Waals surface area contributed by atoms with Crippen molar-refractivity contribution in [2.75, 3.05) is 19.6 Å². The summed E-state index contributed by atoms with van der Waals surface area (Å²) in [6, 6.07) is 5.08. The molecule has 1 aliphatic heterocycles. The van der Waals surface area contributed by atoms with Crippen molar-refractivity contribution < 1.29 is 4.39 Å². The number of nitrogens with zero attached hydrogens (tertiary/aromatic N) is 1. The van der Waals surface area contributed by atoms with Crippen LogP contribution >= 0.6 is 11.6 Å². The van der Waals surface area contributed by atoms with Gasteiger partial charge in [0, 0.05) is 24.7 Å². The smallest absolute Gasteiger partial charge is 0.146 e. The van der Waals surface area contributed by atoms with Crippen LogP contribution in [-0.2, 0) is 0 Å². The van der Waals surface area contributed by atoms with Gasteiger partial charge in [-0.2, -0.15) is 0 Å². The molecule has 2 N–H and O–H groups in total. The number of rotatable bonds is 3. The highest BCUT2D eigenvalue weighted by Crippen LogP contribution is 2.37. The maximum absolute atomic E-state index is 14.2. The van der Waals surface area contributed by atoms with Crippen molar-refractivity contribution in [3.05, 3.63) is 34.6 Å². The summed E-state index contributed by atoms with van der Waals surface area (Å²) in [5, 5.41) is 0.174. The molecule has 1 heterocycles. The first-order valence-electron chi connectivity index (χ1n) is 7.22. The minimum Gasteiger partial charge on any atom is -0.329 e. The zero-order valence-electron chi connectivity index (χ0n) is 12.5. The molecule has 1 fully saturated rings. The first kappa shape index (κ1) is 15.7. The number of hydrogen-bond acceptors (Lipinski definition) is 2. The van der Waals surface area contributed by atoms with E-state index in [-0.39, 0.29) is 22.3 Å². The van der Waals surface area contributed by atoms with E-state index in [1.165, 1.54) is 0 Å². The second-order valence-electron chi connectivity index (χ2n) is 6.74. The van der Waals surface area contributed by atoms with Gasteiger partial charge in [0.2, 0.25) is 0 Å². The van der Waals surface area contributed by atoms with E-state index in [1.54, 1.807) is 18.2 Å². The van der Waals surface area contributed by atoms with Gasteiger partial charge >= 0.3 is 0 Å². The summed E-state index contributed by atoms with van der Waals surface area (Å²) in [4.78, 5) is 2.30. The van der Waals surface area contributed by atoms with Gasteiger partial charge in [0.1, 0.15) is 5.82 Å². The van der Waals surface area contributed by atoms with E-state index in [4.69, 9.17) is 17.3 Å². The van der Waals surface area contributed by atoms with Crippen molar-refractivity contribution >= 4 is 11.6 Å². The molecular formula is C16H24ClFN2. The molecule has 2 unspecified atom stereocenters. The normalized spacial score (nSPS) is 22.2. The summed E-state index contributed by atoms with van der Waals surface area (Å²) in [5.41, 5.74) is 6.81. The van der Waals surface area contributed by atoms with Crippen LogP contribution < -0.4 is 5.73 Å². The van der Waals surface area contributed by atoms with E-state index in [9.17, 15) is 4.39 Å². The predicted octanol–water partition coefficient (Wildman–Crippen LogP) is 3.85. The Kier molecular flexibility index (Phi) is 4.73. The highest BCUT2D eigenvalue weighted by atomic mass is 35.5. The van der Waals surface area contributed by atoms with E-state index in [1.807, 2.05) is 0 Å². The third-order valence-electron chi connectivity index (χ3n) is 4.45.